The highest BCUT2D eigenvalue weighted by Gasteiger charge is 2.20. The van der Waals surface area contributed by atoms with Gasteiger partial charge in [-0.1, -0.05) is 13.8 Å². The van der Waals surface area contributed by atoms with E-state index in [1.165, 1.54) is 0 Å². The number of hydrogen-bond donors (Lipinski definition) is 3. The summed E-state index contributed by atoms with van der Waals surface area (Å²) in [6.07, 6.45) is 2.86. The normalized spacial score (nSPS) is 11.5. The van der Waals surface area contributed by atoms with Gasteiger partial charge in [0.1, 0.15) is 0 Å². The summed E-state index contributed by atoms with van der Waals surface area (Å²) in [5.74, 6) is 0.0676. The van der Waals surface area contributed by atoms with Gasteiger partial charge < -0.3 is 15.7 Å². The predicted octanol–water partition coefficient (Wildman–Crippen LogP) is 0.653. The molecule has 0 aliphatic carbocycles. The maximum atomic E-state index is 10.9. The van der Waals surface area contributed by atoms with Crippen molar-refractivity contribution in [2.24, 2.45) is 0 Å². The molecule has 0 rings (SSSR count). The van der Waals surface area contributed by atoms with E-state index in [1.807, 2.05) is 13.8 Å². The van der Waals surface area contributed by atoms with Crippen molar-refractivity contribution >= 4 is 5.91 Å². The lowest BCUT2D eigenvalue weighted by molar-refractivity contribution is -0.120. The van der Waals surface area contributed by atoms with Crippen LogP contribution in [0.15, 0.2) is 0 Å². The summed E-state index contributed by atoms with van der Waals surface area (Å²) < 4.78 is 0. The van der Waals surface area contributed by atoms with E-state index in [4.69, 9.17) is 0 Å². The Morgan fingerprint density at radius 1 is 1.33 bits per heavy atom. The highest BCUT2D eigenvalue weighted by Crippen LogP contribution is 2.12. The van der Waals surface area contributed by atoms with E-state index < -0.39 is 5.60 Å². The van der Waals surface area contributed by atoms with E-state index in [9.17, 15) is 9.90 Å². The van der Waals surface area contributed by atoms with Crippen molar-refractivity contribution in [2.75, 3.05) is 20.1 Å². The van der Waals surface area contributed by atoms with Crippen molar-refractivity contribution in [2.45, 2.75) is 45.1 Å². The Morgan fingerprint density at radius 3 is 2.40 bits per heavy atom. The molecule has 0 radical (unpaired) electrons. The standard InChI is InChI=1S/C11H24N2O2/c1-4-11(15,5-2)9-13-8-6-7-10(14)12-3/h13,15H,4-9H2,1-3H3,(H,12,14). The zero-order chi connectivity index (χ0) is 11.7. The average molecular weight is 216 g/mol. The number of carbonyl (C=O) groups excluding carboxylic acids is 1. The van der Waals surface area contributed by atoms with Crippen LogP contribution in [0.25, 0.3) is 0 Å². The van der Waals surface area contributed by atoms with E-state index in [-0.39, 0.29) is 5.91 Å². The number of rotatable bonds is 8. The van der Waals surface area contributed by atoms with Crippen LogP contribution in [0.2, 0.25) is 0 Å². The third-order valence-electron chi connectivity index (χ3n) is 2.81. The van der Waals surface area contributed by atoms with Crippen LogP contribution in [0, 0.1) is 0 Å². The van der Waals surface area contributed by atoms with Gasteiger partial charge in [-0.25, -0.2) is 0 Å². The molecule has 0 aromatic carbocycles. The molecule has 0 saturated carbocycles. The van der Waals surface area contributed by atoms with Gasteiger partial charge >= 0.3 is 0 Å². The molecule has 0 aliphatic rings. The summed E-state index contributed by atoms with van der Waals surface area (Å²) in [5, 5.41) is 15.7. The van der Waals surface area contributed by atoms with Crippen LogP contribution in [0.5, 0.6) is 0 Å². The minimum Gasteiger partial charge on any atom is -0.389 e. The van der Waals surface area contributed by atoms with E-state index >= 15 is 0 Å². The molecule has 0 unspecified atom stereocenters. The molecule has 0 aromatic heterocycles. The summed E-state index contributed by atoms with van der Waals surface area (Å²) in [5.41, 5.74) is -0.590. The lowest BCUT2D eigenvalue weighted by Crippen LogP contribution is -2.40. The van der Waals surface area contributed by atoms with E-state index in [1.54, 1.807) is 7.05 Å². The first-order chi connectivity index (χ1) is 7.08. The predicted molar refractivity (Wildman–Crippen MR) is 61.7 cm³/mol. The van der Waals surface area contributed by atoms with Gasteiger partial charge in [-0.15, -0.1) is 0 Å². The summed E-state index contributed by atoms with van der Waals surface area (Å²) in [6.45, 7) is 5.34. The van der Waals surface area contributed by atoms with Crippen LogP contribution in [0.3, 0.4) is 0 Å². The van der Waals surface area contributed by atoms with Gasteiger partial charge in [-0.2, -0.15) is 0 Å². The Bertz CT molecular complexity index is 179. The molecule has 0 spiro atoms. The zero-order valence-electron chi connectivity index (χ0n) is 10.1. The fraction of sp³-hybridized carbons (Fsp3) is 0.909. The van der Waals surface area contributed by atoms with Crippen LogP contribution < -0.4 is 10.6 Å². The number of nitrogens with one attached hydrogen (secondary N) is 2. The molecule has 0 fully saturated rings. The van der Waals surface area contributed by atoms with Crippen molar-refractivity contribution in [3.63, 3.8) is 0 Å². The topological polar surface area (TPSA) is 61.4 Å². The number of amides is 1. The molecule has 90 valence electrons. The van der Waals surface area contributed by atoms with Gasteiger partial charge in [0.15, 0.2) is 0 Å². The van der Waals surface area contributed by atoms with Crippen LogP contribution in [-0.2, 0) is 4.79 Å². The maximum Gasteiger partial charge on any atom is 0.219 e. The number of aliphatic hydroxyl groups is 1. The van der Waals surface area contributed by atoms with Gasteiger partial charge in [0.25, 0.3) is 0 Å². The summed E-state index contributed by atoms with van der Waals surface area (Å²) >= 11 is 0. The number of hydrogen-bond acceptors (Lipinski definition) is 3. The van der Waals surface area contributed by atoms with Crippen LogP contribution >= 0.6 is 0 Å². The lowest BCUT2D eigenvalue weighted by Gasteiger charge is -2.25. The highest BCUT2D eigenvalue weighted by molar-refractivity contribution is 5.75. The first-order valence-corrected chi connectivity index (χ1v) is 5.71. The highest BCUT2D eigenvalue weighted by atomic mass is 16.3. The summed E-state index contributed by atoms with van der Waals surface area (Å²) in [6, 6.07) is 0. The molecule has 0 aromatic rings. The SMILES string of the molecule is CCC(O)(CC)CNCCCC(=O)NC. The summed E-state index contributed by atoms with van der Waals surface area (Å²) in [4.78, 5) is 10.9. The molecule has 0 saturated heterocycles. The molecule has 0 aliphatic heterocycles. The van der Waals surface area contributed by atoms with Gasteiger partial charge in [0, 0.05) is 20.0 Å². The molecule has 15 heavy (non-hydrogen) atoms. The summed E-state index contributed by atoms with van der Waals surface area (Å²) in [7, 11) is 1.64. The third kappa shape index (κ3) is 6.47. The lowest BCUT2D eigenvalue weighted by atomic mass is 9.97. The van der Waals surface area contributed by atoms with Gasteiger partial charge in [-0.3, -0.25) is 4.79 Å². The van der Waals surface area contributed by atoms with Gasteiger partial charge in [0.2, 0.25) is 5.91 Å². The maximum absolute atomic E-state index is 10.9. The Kier molecular flexibility index (Phi) is 7.34. The van der Waals surface area contributed by atoms with Crippen LogP contribution in [0.4, 0.5) is 0 Å². The van der Waals surface area contributed by atoms with Crippen LogP contribution in [0.1, 0.15) is 39.5 Å². The fourth-order valence-corrected chi connectivity index (χ4v) is 1.32. The van der Waals surface area contributed by atoms with Crippen molar-refractivity contribution in [1.82, 2.24) is 10.6 Å². The minimum absolute atomic E-state index is 0.0676. The van der Waals surface area contributed by atoms with Crippen LogP contribution in [-0.4, -0.2) is 36.8 Å². The van der Waals surface area contributed by atoms with E-state index in [0.29, 0.717) is 13.0 Å². The molecule has 0 atom stereocenters. The van der Waals surface area contributed by atoms with E-state index in [2.05, 4.69) is 10.6 Å². The Labute approximate surface area is 92.4 Å². The molecular weight excluding hydrogens is 192 g/mol. The molecule has 1 amide bonds. The van der Waals surface area contributed by atoms with Crippen molar-refractivity contribution in [1.29, 1.82) is 0 Å². The first-order valence-electron chi connectivity index (χ1n) is 5.71. The molecular formula is C11H24N2O2. The average Bonchev–Trinajstić information content (AvgIpc) is 2.27. The Hall–Kier alpha value is -0.610. The second kappa shape index (κ2) is 7.65. The van der Waals surface area contributed by atoms with Gasteiger partial charge in [0.05, 0.1) is 5.60 Å². The zero-order valence-corrected chi connectivity index (χ0v) is 10.1. The second-order valence-electron chi connectivity index (χ2n) is 3.88. The molecule has 0 bridgehead atoms. The van der Waals surface area contributed by atoms with E-state index in [0.717, 1.165) is 25.8 Å². The smallest absolute Gasteiger partial charge is 0.219 e. The Balaban J connectivity index is 3.49. The minimum atomic E-state index is -0.590. The second-order valence-corrected chi connectivity index (χ2v) is 3.88. The fourth-order valence-electron chi connectivity index (χ4n) is 1.32. The molecule has 3 N–H and O–H groups in total. The first kappa shape index (κ1) is 14.4. The third-order valence-corrected chi connectivity index (χ3v) is 2.81. The molecule has 4 heteroatoms. The van der Waals surface area contributed by atoms with Crippen molar-refractivity contribution in [3.05, 3.63) is 0 Å². The van der Waals surface area contributed by atoms with Crippen molar-refractivity contribution < 1.29 is 9.90 Å². The largest absolute Gasteiger partial charge is 0.389 e. The monoisotopic (exact) mass is 216 g/mol. The quantitative estimate of drug-likeness (QED) is 0.522. The van der Waals surface area contributed by atoms with Gasteiger partial charge in [-0.05, 0) is 25.8 Å². The molecule has 0 heterocycles. The van der Waals surface area contributed by atoms with Crippen molar-refractivity contribution in [3.8, 4) is 0 Å². The Morgan fingerprint density at radius 2 is 1.93 bits per heavy atom. The molecule has 4 nitrogen and oxygen atoms in total. The number of carbonyl (C=O) groups is 1.